The lowest BCUT2D eigenvalue weighted by molar-refractivity contribution is -0.147. The van der Waals surface area contributed by atoms with Gasteiger partial charge in [0, 0.05) is 37.3 Å². The Kier molecular flexibility index (Phi) is 7.95. The number of aliphatic hydroxyl groups excluding tert-OH is 2. The minimum atomic E-state index is -1.13. The molecule has 3 aliphatic rings. The summed E-state index contributed by atoms with van der Waals surface area (Å²) < 4.78 is 0. The van der Waals surface area contributed by atoms with Crippen molar-refractivity contribution >= 4 is 11.8 Å². The molecule has 2 amide bonds. The molecule has 34 heavy (non-hydrogen) atoms. The number of piperidine rings is 1. The van der Waals surface area contributed by atoms with Gasteiger partial charge in [-0.15, -0.1) is 0 Å². The fraction of sp³-hybridized carbons (Fsp3) is 0.704. The lowest BCUT2D eigenvalue weighted by Crippen LogP contribution is -2.52. The van der Waals surface area contributed by atoms with Gasteiger partial charge in [-0.3, -0.25) is 14.5 Å². The van der Waals surface area contributed by atoms with Crippen LogP contribution in [0.1, 0.15) is 80.1 Å². The number of nitrogens with two attached hydrogens (primary N) is 1. The minimum Gasteiger partial charge on any atom is -0.395 e. The third-order valence-corrected chi connectivity index (χ3v) is 8.61. The van der Waals surface area contributed by atoms with E-state index in [1.54, 1.807) is 13.0 Å². The molecule has 0 spiro atoms. The first kappa shape index (κ1) is 25.1. The number of aliphatic hydroxyl groups is 2. The highest BCUT2D eigenvalue weighted by molar-refractivity contribution is 5.92. The first-order valence-electron chi connectivity index (χ1n) is 13.0. The van der Waals surface area contributed by atoms with Crippen LogP contribution in [0.4, 0.5) is 0 Å². The van der Waals surface area contributed by atoms with Gasteiger partial charge in [0.15, 0.2) is 0 Å². The molecule has 2 saturated heterocycles. The topological polar surface area (TPSA) is 107 Å². The van der Waals surface area contributed by atoms with Gasteiger partial charge in [0.25, 0.3) is 0 Å². The van der Waals surface area contributed by atoms with Crippen molar-refractivity contribution in [3.8, 4) is 0 Å². The first-order chi connectivity index (χ1) is 16.3. The van der Waals surface area contributed by atoms with Crippen LogP contribution in [0, 0.1) is 11.3 Å². The van der Waals surface area contributed by atoms with Gasteiger partial charge in [-0.25, -0.2) is 0 Å². The van der Waals surface area contributed by atoms with Crippen LogP contribution in [0.2, 0.25) is 0 Å². The second-order valence-corrected chi connectivity index (χ2v) is 11.1. The number of amides is 2. The molecule has 7 nitrogen and oxygen atoms in total. The average Bonchev–Trinajstić information content (AvgIpc) is 3.45. The van der Waals surface area contributed by atoms with E-state index in [4.69, 9.17) is 5.73 Å². The molecule has 4 rings (SSSR count). The van der Waals surface area contributed by atoms with E-state index in [-0.39, 0.29) is 25.0 Å². The molecule has 1 aliphatic carbocycles. The van der Waals surface area contributed by atoms with Crippen LogP contribution in [-0.2, 0) is 4.79 Å². The van der Waals surface area contributed by atoms with Gasteiger partial charge in [-0.2, -0.15) is 0 Å². The van der Waals surface area contributed by atoms with Crippen molar-refractivity contribution in [3.63, 3.8) is 0 Å². The van der Waals surface area contributed by atoms with Crippen LogP contribution in [0.3, 0.4) is 0 Å². The van der Waals surface area contributed by atoms with Crippen molar-refractivity contribution in [3.05, 3.63) is 35.4 Å². The van der Waals surface area contributed by atoms with Gasteiger partial charge in [-0.1, -0.05) is 25.0 Å². The lowest BCUT2D eigenvalue weighted by atomic mass is 9.84. The molecule has 3 fully saturated rings. The summed E-state index contributed by atoms with van der Waals surface area (Å²) in [7, 11) is 0. The summed E-state index contributed by atoms with van der Waals surface area (Å²) in [4.78, 5) is 29.5. The van der Waals surface area contributed by atoms with Crippen LogP contribution >= 0.6 is 0 Å². The molecule has 0 aromatic heterocycles. The van der Waals surface area contributed by atoms with Crippen molar-refractivity contribution in [2.75, 3.05) is 32.8 Å². The fourth-order valence-electron chi connectivity index (χ4n) is 6.44. The maximum Gasteiger partial charge on any atom is 0.248 e. The van der Waals surface area contributed by atoms with E-state index in [0.717, 1.165) is 51.6 Å². The SMILES string of the molecule is CC(CO)(CO)C(=O)N(CCN1C2CCC1CC(c1cccc(C(N)=O)c1)C2)CC1CCCC1. The van der Waals surface area contributed by atoms with Crippen molar-refractivity contribution in [2.45, 2.75) is 76.3 Å². The van der Waals surface area contributed by atoms with E-state index in [1.165, 1.54) is 18.4 Å². The number of carbonyl (C=O) groups is 2. The monoisotopic (exact) mass is 471 g/mol. The Bertz CT molecular complexity index is 851. The predicted octanol–water partition coefficient (Wildman–Crippen LogP) is 2.51. The third kappa shape index (κ3) is 5.31. The molecule has 2 atom stereocenters. The quantitative estimate of drug-likeness (QED) is 0.486. The second kappa shape index (κ2) is 10.8. The molecule has 0 radical (unpaired) electrons. The zero-order valence-corrected chi connectivity index (χ0v) is 20.5. The zero-order chi connectivity index (χ0) is 24.3. The van der Waals surface area contributed by atoms with Crippen LogP contribution in [0.5, 0.6) is 0 Å². The van der Waals surface area contributed by atoms with E-state index >= 15 is 0 Å². The number of hydrogen-bond donors (Lipinski definition) is 3. The molecule has 2 heterocycles. The molecule has 2 bridgehead atoms. The predicted molar refractivity (Wildman–Crippen MR) is 131 cm³/mol. The fourth-order valence-corrected chi connectivity index (χ4v) is 6.44. The van der Waals surface area contributed by atoms with Crippen LogP contribution in [0.25, 0.3) is 0 Å². The van der Waals surface area contributed by atoms with Gasteiger partial charge < -0.3 is 20.8 Å². The molecule has 1 aromatic carbocycles. The van der Waals surface area contributed by atoms with Gasteiger partial charge >= 0.3 is 0 Å². The highest BCUT2D eigenvalue weighted by atomic mass is 16.3. The standard InChI is InChI=1S/C27H41N3O4/c1-27(17-31,18-32)26(34)29(16-19-5-2-3-6-19)11-12-30-23-9-10-24(30)15-22(14-23)20-7-4-8-21(13-20)25(28)33/h4,7-8,13,19,22-24,31-32H,2-3,5-6,9-12,14-18H2,1H3,(H2,28,33). The Balaban J connectivity index is 1.42. The van der Waals surface area contributed by atoms with Gasteiger partial charge in [-0.05, 0) is 75.0 Å². The highest BCUT2D eigenvalue weighted by Gasteiger charge is 2.42. The number of benzene rings is 1. The number of carbonyl (C=O) groups excluding carboxylic acids is 2. The molecular weight excluding hydrogens is 430 g/mol. The van der Waals surface area contributed by atoms with Crippen LogP contribution < -0.4 is 5.73 Å². The first-order valence-corrected chi connectivity index (χ1v) is 13.0. The number of nitrogens with zero attached hydrogens (tertiary/aromatic N) is 2. The Labute approximate surface area is 203 Å². The van der Waals surface area contributed by atoms with Crippen molar-refractivity contribution in [2.24, 2.45) is 17.1 Å². The van der Waals surface area contributed by atoms with Crippen LogP contribution in [-0.4, -0.2) is 76.8 Å². The summed E-state index contributed by atoms with van der Waals surface area (Å²) >= 11 is 0. The summed E-state index contributed by atoms with van der Waals surface area (Å²) in [5, 5.41) is 19.6. The smallest absolute Gasteiger partial charge is 0.248 e. The van der Waals surface area contributed by atoms with E-state index < -0.39 is 5.41 Å². The average molecular weight is 472 g/mol. The van der Waals surface area contributed by atoms with Gasteiger partial charge in [0.05, 0.1) is 18.6 Å². The van der Waals surface area contributed by atoms with Crippen molar-refractivity contribution in [1.29, 1.82) is 0 Å². The van der Waals surface area contributed by atoms with Crippen molar-refractivity contribution in [1.82, 2.24) is 9.80 Å². The van der Waals surface area contributed by atoms with Gasteiger partial charge in [0.2, 0.25) is 11.8 Å². The van der Waals surface area contributed by atoms with Crippen LogP contribution in [0.15, 0.2) is 24.3 Å². The van der Waals surface area contributed by atoms with E-state index in [1.807, 2.05) is 17.0 Å². The Morgan fingerprint density at radius 3 is 2.32 bits per heavy atom. The number of fused-ring (bicyclic) bond motifs is 2. The maximum absolute atomic E-state index is 13.3. The van der Waals surface area contributed by atoms with Gasteiger partial charge in [0.1, 0.15) is 0 Å². The molecule has 2 aliphatic heterocycles. The summed E-state index contributed by atoms with van der Waals surface area (Å²) in [5.41, 5.74) is 6.14. The van der Waals surface area contributed by atoms with Crippen molar-refractivity contribution < 1.29 is 19.8 Å². The lowest BCUT2D eigenvalue weighted by Gasteiger charge is -2.41. The summed E-state index contributed by atoms with van der Waals surface area (Å²) in [5.74, 6) is 0.434. The molecule has 7 heteroatoms. The number of rotatable bonds is 10. The Morgan fingerprint density at radius 1 is 1.09 bits per heavy atom. The molecule has 1 saturated carbocycles. The third-order valence-electron chi connectivity index (χ3n) is 8.61. The number of hydrogen-bond acceptors (Lipinski definition) is 5. The molecule has 2 unspecified atom stereocenters. The molecular formula is C27H41N3O4. The molecule has 188 valence electrons. The maximum atomic E-state index is 13.3. The summed E-state index contributed by atoms with van der Waals surface area (Å²) in [6, 6.07) is 8.72. The summed E-state index contributed by atoms with van der Waals surface area (Å²) in [6.45, 7) is 3.16. The van der Waals surface area contributed by atoms with E-state index in [0.29, 0.717) is 36.0 Å². The normalized spacial score (nSPS) is 25.6. The number of primary amides is 1. The second-order valence-electron chi connectivity index (χ2n) is 11.1. The van der Waals surface area contributed by atoms with E-state index in [9.17, 15) is 19.8 Å². The Morgan fingerprint density at radius 2 is 1.74 bits per heavy atom. The molecule has 4 N–H and O–H groups in total. The highest BCUT2D eigenvalue weighted by Crippen LogP contribution is 2.43. The minimum absolute atomic E-state index is 0.130. The molecule has 1 aromatic rings. The largest absolute Gasteiger partial charge is 0.395 e. The van der Waals surface area contributed by atoms with E-state index in [2.05, 4.69) is 11.0 Å². The Hall–Kier alpha value is -1.96. The summed E-state index contributed by atoms with van der Waals surface area (Å²) in [6.07, 6.45) is 9.19. The zero-order valence-electron chi connectivity index (χ0n) is 20.5.